The lowest BCUT2D eigenvalue weighted by Gasteiger charge is -2.39. The molecule has 9 heteroatoms. The lowest BCUT2D eigenvalue weighted by molar-refractivity contribution is -0.124. The van der Waals surface area contributed by atoms with E-state index in [-0.39, 0.29) is 30.7 Å². The maximum absolute atomic E-state index is 12.8. The van der Waals surface area contributed by atoms with Gasteiger partial charge in [-0.1, -0.05) is 0 Å². The zero-order valence-corrected chi connectivity index (χ0v) is 17.1. The van der Waals surface area contributed by atoms with Crippen molar-refractivity contribution >= 4 is 21.5 Å². The van der Waals surface area contributed by atoms with Crippen molar-refractivity contribution in [2.24, 2.45) is 0 Å². The lowest BCUT2D eigenvalue weighted by atomic mass is 10.0. The number of amides is 1. The third-order valence-electron chi connectivity index (χ3n) is 4.64. The molecule has 1 heterocycles. The van der Waals surface area contributed by atoms with Crippen LogP contribution in [0.2, 0.25) is 0 Å². The van der Waals surface area contributed by atoms with Gasteiger partial charge in [0.25, 0.3) is 0 Å². The van der Waals surface area contributed by atoms with E-state index in [4.69, 9.17) is 9.47 Å². The molecule has 1 amide bonds. The minimum atomic E-state index is -3.22. The van der Waals surface area contributed by atoms with Gasteiger partial charge in [0.05, 0.1) is 17.5 Å². The Bertz CT molecular complexity index is 834. The van der Waals surface area contributed by atoms with Crippen LogP contribution >= 0.6 is 0 Å². The molecule has 1 aliphatic heterocycles. The molecule has 0 saturated carbocycles. The van der Waals surface area contributed by atoms with E-state index in [1.165, 1.54) is 0 Å². The van der Waals surface area contributed by atoms with Gasteiger partial charge in [0.2, 0.25) is 12.7 Å². The zero-order chi connectivity index (χ0) is 20.4. The van der Waals surface area contributed by atoms with E-state index in [1.807, 2.05) is 0 Å². The third kappa shape index (κ3) is 5.43. The van der Waals surface area contributed by atoms with Crippen LogP contribution in [0, 0.1) is 0 Å². The van der Waals surface area contributed by atoms with Gasteiger partial charge in [0.1, 0.15) is 9.84 Å². The van der Waals surface area contributed by atoms with Gasteiger partial charge in [-0.25, -0.2) is 8.42 Å². The van der Waals surface area contributed by atoms with E-state index in [0.29, 0.717) is 17.1 Å². The molecule has 1 aromatic rings. The number of hydrogen-bond donors (Lipinski definition) is 1. The quantitative estimate of drug-likeness (QED) is 0.519. The monoisotopic (exact) mass is 398 g/mol. The zero-order valence-electron chi connectivity index (χ0n) is 16.2. The van der Waals surface area contributed by atoms with Gasteiger partial charge in [0.15, 0.2) is 17.3 Å². The largest absolute Gasteiger partial charge is 0.454 e. The average molecular weight is 398 g/mol. The predicted octanol–water partition coefficient (Wildman–Crippen LogP) is 1.21. The molecule has 1 N–H and O–H groups in total. The average Bonchev–Trinajstić information content (AvgIpc) is 3.04. The minimum Gasteiger partial charge on any atom is -0.454 e. The van der Waals surface area contributed by atoms with Crippen LogP contribution < -0.4 is 14.8 Å². The van der Waals surface area contributed by atoms with Crippen LogP contribution in [0.25, 0.3) is 0 Å². The van der Waals surface area contributed by atoms with Gasteiger partial charge >= 0.3 is 0 Å². The molecule has 0 aliphatic carbocycles. The van der Waals surface area contributed by atoms with Crippen LogP contribution in [0.5, 0.6) is 11.5 Å². The van der Waals surface area contributed by atoms with Crippen molar-refractivity contribution in [3.63, 3.8) is 0 Å². The summed E-state index contributed by atoms with van der Waals surface area (Å²) < 4.78 is 33.0. The van der Waals surface area contributed by atoms with Crippen LogP contribution in [-0.4, -0.2) is 62.6 Å². The van der Waals surface area contributed by atoms with Gasteiger partial charge in [-0.15, -0.1) is 0 Å². The fraction of sp³-hybridized carbons (Fsp3) is 0.556. The molecule has 0 spiro atoms. The number of carbonyl (C=O) groups is 2. The summed E-state index contributed by atoms with van der Waals surface area (Å²) in [4.78, 5) is 26.7. The third-order valence-corrected chi connectivity index (χ3v) is 5.59. The molecular formula is C18H26N2O6S. The SMILES string of the molecule is CC(C(=O)c1ccc2c(c1)OCO2)N(C)C(C)(C)NC(=O)CCS(C)(=O)=O. The summed E-state index contributed by atoms with van der Waals surface area (Å²) in [5.74, 6) is 0.397. The van der Waals surface area contributed by atoms with Crippen molar-refractivity contribution in [3.05, 3.63) is 23.8 Å². The smallest absolute Gasteiger partial charge is 0.231 e. The first-order valence-corrected chi connectivity index (χ1v) is 10.6. The molecule has 0 radical (unpaired) electrons. The van der Waals surface area contributed by atoms with Crippen molar-refractivity contribution in [3.8, 4) is 11.5 Å². The normalized spacial score (nSPS) is 14.9. The predicted molar refractivity (Wildman–Crippen MR) is 101 cm³/mol. The Morgan fingerprint density at radius 3 is 2.52 bits per heavy atom. The van der Waals surface area contributed by atoms with Gasteiger partial charge in [-0.2, -0.15) is 0 Å². The maximum Gasteiger partial charge on any atom is 0.231 e. The number of Topliss-reactive ketones (excluding diaryl/α,β-unsaturated/α-hetero) is 1. The summed E-state index contributed by atoms with van der Waals surface area (Å²) in [6.45, 7) is 5.40. The first-order valence-electron chi connectivity index (χ1n) is 8.56. The molecular weight excluding hydrogens is 372 g/mol. The summed E-state index contributed by atoms with van der Waals surface area (Å²) >= 11 is 0. The topological polar surface area (TPSA) is 102 Å². The van der Waals surface area contributed by atoms with Gasteiger partial charge in [0, 0.05) is 18.2 Å². The number of ketones is 1. The fourth-order valence-electron chi connectivity index (χ4n) is 2.72. The summed E-state index contributed by atoms with van der Waals surface area (Å²) in [7, 11) is -1.49. The number of fused-ring (bicyclic) bond motifs is 1. The highest BCUT2D eigenvalue weighted by Gasteiger charge is 2.33. The van der Waals surface area contributed by atoms with E-state index in [1.54, 1.807) is 50.9 Å². The first kappa shape index (κ1) is 21.2. The number of hydrogen-bond acceptors (Lipinski definition) is 7. The van der Waals surface area contributed by atoms with Crippen LogP contribution in [0.4, 0.5) is 0 Å². The summed E-state index contributed by atoms with van der Waals surface area (Å²) in [5.41, 5.74) is -0.363. The number of sulfone groups is 1. The highest BCUT2D eigenvalue weighted by Crippen LogP contribution is 2.33. The summed E-state index contributed by atoms with van der Waals surface area (Å²) in [5, 5.41) is 2.78. The molecule has 0 bridgehead atoms. The van der Waals surface area contributed by atoms with Crippen molar-refractivity contribution < 1.29 is 27.5 Å². The number of carbonyl (C=O) groups excluding carboxylic acids is 2. The number of benzene rings is 1. The summed E-state index contributed by atoms with van der Waals surface area (Å²) in [6.07, 6.45) is 0.963. The maximum atomic E-state index is 12.8. The number of nitrogens with zero attached hydrogens (tertiary/aromatic N) is 1. The molecule has 2 rings (SSSR count). The van der Waals surface area contributed by atoms with Crippen LogP contribution in [0.1, 0.15) is 37.6 Å². The van der Waals surface area contributed by atoms with Crippen molar-refractivity contribution in [1.82, 2.24) is 10.2 Å². The van der Waals surface area contributed by atoms with Crippen LogP contribution in [0.15, 0.2) is 18.2 Å². The minimum absolute atomic E-state index is 0.124. The van der Waals surface area contributed by atoms with Crippen molar-refractivity contribution in [2.45, 2.75) is 38.9 Å². The highest BCUT2D eigenvalue weighted by atomic mass is 32.2. The second-order valence-electron chi connectivity index (χ2n) is 7.21. The van der Waals surface area contributed by atoms with E-state index >= 15 is 0 Å². The molecule has 1 atom stereocenters. The Morgan fingerprint density at radius 1 is 1.26 bits per heavy atom. The second-order valence-corrected chi connectivity index (χ2v) is 9.47. The number of nitrogens with one attached hydrogen (secondary N) is 1. The van der Waals surface area contributed by atoms with Gasteiger partial charge in [-0.3, -0.25) is 14.5 Å². The number of ether oxygens (including phenoxy) is 2. The molecule has 1 unspecified atom stereocenters. The Balaban J connectivity index is 2.04. The Labute approximate surface area is 159 Å². The summed E-state index contributed by atoms with van der Waals surface area (Å²) in [6, 6.07) is 4.49. The van der Waals surface area contributed by atoms with E-state index in [0.717, 1.165) is 6.26 Å². The Kier molecular flexibility index (Phi) is 6.16. The van der Waals surface area contributed by atoms with Gasteiger partial charge in [-0.05, 0) is 46.0 Å². The van der Waals surface area contributed by atoms with E-state index in [2.05, 4.69) is 5.32 Å². The second kappa shape index (κ2) is 7.85. The molecule has 27 heavy (non-hydrogen) atoms. The standard InChI is InChI=1S/C18H26N2O6S/c1-12(17(22)13-6-7-14-15(10-13)26-11-25-14)20(4)18(2,3)19-16(21)8-9-27(5,23)24/h6-7,10,12H,8-9,11H2,1-5H3,(H,19,21). The Morgan fingerprint density at radius 2 is 1.89 bits per heavy atom. The van der Waals surface area contributed by atoms with Crippen LogP contribution in [0.3, 0.4) is 0 Å². The fourth-order valence-corrected chi connectivity index (χ4v) is 3.28. The van der Waals surface area contributed by atoms with Crippen molar-refractivity contribution in [2.75, 3.05) is 25.8 Å². The van der Waals surface area contributed by atoms with Crippen LogP contribution in [-0.2, 0) is 14.6 Å². The molecule has 150 valence electrons. The number of likely N-dealkylation sites (N-methyl/N-ethyl adjacent to an activating group) is 1. The molecule has 1 aromatic carbocycles. The molecule has 1 aliphatic rings. The van der Waals surface area contributed by atoms with Gasteiger partial charge < -0.3 is 14.8 Å². The Hall–Kier alpha value is -2.13. The number of rotatable bonds is 8. The molecule has 0 fully saturated rings. The first-order chi connectivity index (χ1) is 12.4. The van der Waals surface area contributed by atoms with Crippen molar-refractivity contribution in [1.29, 1.82) is 0 Å². The van der Waals surface area contributed by atoms with E-state index < -0.39 is 21.5 Å². The molecule has 0 saturated heterocycles. The molecule has 8 nitrogen and oxygen atoms in total. The lowest BCUT2D eigenvalue weighted by Crippen LogP contribution is -2.59. The van der Waals surface area contributed by atoms with E-state index in [9.17, 15) is 18.0 Å². The molecule has 0 aromatic heterocycles. The highest BCUT2D eigenvalue weighted by molar-refractivity contribution is 7.90.